The number of nitrogens with two attached hydrogens (primary N) is 1. The minimum atomic E-state index is -0.530. The Morgan fingerprint density at radius 1 is 1.29 bits per heavy atom. The van der Waals surface area contributed by atoms with Crippen molar-refractivity contribution in [1.29, 1.82) is 0 Å². The molecule has 1 aromatic heterocycles. The molecule has 21 heavy (non-hydrogen) atoms. The van der Waals surface area contributed by atoms with Crippen LogP contribution in [0.3, 0.4) is 0 Å². The van der Waals surface area contributed by atoms with Crippen LogP contribution in [0.15, 0.2) is 42.6 Å². The molecule has 0 aliphatic carbocycles. The van der Waals surface area contributed by atoms with Crippen molar-refractivity contribution in [3.05, 3.63) is 59.5 Å². The van der Waals surface area contributed by atoms with Crippen molar-refractivity contribution in [1.82, 2.24) is 10.3 Å². The molecule has 110 valence electrons. The highest BCUT2D eigenvalue weighted by atomic mass is 19.1. The predicted molar refractivity (Wildman–Crippen MR) is 80.4 cm³/mol. The van der Waals surface area contributed by atoms with Gasteiger partial charge in [-0.1, -0.05) is 32.0 Å². The lowest BCUT2D eigenvalue weighted by Gasteiger charge is -2.26. The molecule has 0 atom stereocenters. The fraction of sp³-hybridized carbons (Fsp3) is 0.250. The Kier molecular flexibility index (Phi) is 4.21. The van der Waals surface area contributed by atoms with E-state index in [9.17, 15) is 9.18 Å². The minimum absolute atomic E-state index is 0.179. The molecule has 0 saturated heterocycles. The molecule has 0 bridgehead atoms. The first kappa shape index (κ1) is 15.0. The Labute approximate surface area is 123 Å². The summed E-state index contributed by atoms with van der Waals surface area (Å²) in [5.74, 6) is -0.415. The number of carbonyl (C=O) groups excluding carboxylic acids is 1. The number of nitrogen functional groups attached to an aromatic ring is 1. The van der Waals surface area contributed by atoms with Crippen LogP contribution in [-0.2, 0) is 5.41 Å². The van der Waals surface area contributed by atoms with Gasteiger partial charge >= 0.3 is 0 Å². The minimum Gasteiger partial charge on any atom is -0.383 e. The lowest BCUT2D eigenvalue weighted by molar-refractivity contribution is 0.0946. The second-order valence-corrected chi connectivity index (χ2v) is 5.48. The molecular weight excluding hydrogens is 269 g/mol. The van der Waals surface area contributed by atoms with Crippen molar-refractivity contribution in [2.75, 3.05) is 12.3 Å². The fourth-order valence-electron chi connectivity index (χ4n) is 2.11. The van der Waals surface area contributed by atoms with Crippen LogP contribution in [0, 0.1) is 5.82 Å². The summed E-state index contributed by atoms with van der Waals surface area (Å²) in [6.45, 7) is 4.04. The summed E-state index contributed by atoms with van der Waals surface area (Å²) in [5, 5.41) is 2.78. The monoisotopic (exact) mass is 287 g/mol. The molecule has 0 radical (unpaired) electrons. The van der Waals surface area contributed by atoms with E-state index in [1.807, 2.05) is 13.8 Å². The molecule has 0 aliphatic rings. The average Bonchev–Trinajstić information content (AvgIpc) is 2.45. The van der Waals surface area contributed by atoms with E-state index < -0.39 is 5.41 Å². The van der Waals surface area contributed by atoms with Gasteiger partial charge in [-0.25, -0.2) is 9.37 Å². The van der Waals surface area contributed by atoms with Crippen LogP contribution in [0.5, 0.6) is 0 Å². The average molecular weight is 287 g/mol. The van der Waals surface area contributed by atoms with Gasteiger partial charge in [0.05, 0.1) is 5.56 Å². The van der Waals surface area contributed by atoms with Gasteiger partial charge in [0.15, 0.2) is 0 Å². The summed E-state index contributed by atoms with van der Waals surface area (Å²) < 4.78 is 13.9. The Morgan fingerprint density at radius 2 is 2.00 bits per heavy atom. The smallest absolute Gasteiger partial charge is 0.255 e. The summed E-state index contributed by atoms with van der Waals surface area (Å²) in [6, 6.07) is 9.81. The van der Waals surface area contributed by atoms with E-state index in [0.29, 0.717) is 17.7 Å². The second-order valence-electron chi connectivity index (χ2n) is 5.48. The topological polar surface area (TPSA) is 68.0 Å². The Bertz CT molecular complexity index is 655. The number of anilines is 1. The van der Waals surface area contributed by atoms with Crippen LogP contribution in [0.2, 0.25) is 0 Å². The molecule has 0 saturated carbocycles. The van der Waals surface area contributed by atoms with Crippen molar-refractivity contribution < 1.29 is 9.18 Å². The van der Waals surface area contributed by atoms with E-state index >= 15 is 0 Å². The zero-order chi connectivity index (χ0) is 15.5. The van der Waals surface area contributed by atoms with Gasteiger partial charge in [-0.05, 0) is 23.8 Å². The summed E-state index contributed by atoms with van der Waals surface area (Å²) in [4.78, 5) is 16.0. The van der Waals surface area contributed by atoms with Crippen molar-refractivity contribution >= 4 is 11.7 Å². The molecule has 2 aromatic rings. The van der Waals surface area contributed by atoms with Crippen molar-refractivity contribution in [3.63, 3.8) is 0 Å². The number of nitrogens with zero attached hydrogens (tertiary/aromatic N) is 1. The Balaban J connectivity index is 2.11. The van der Waals surface area contributed by atoms with Crippen molar-refractivity contribution in [3.8, 4) is 0 Å². The van der Waals surface area contributed by atoms with E-state index in [2.05, 4.69) is 10.3 Å². The maximum absolute atomic E-state index is 13.9. The van der Waals surface area contributed by atoms with Crippen molar-refractivity contribution in [2.24, 2.45) is 0 Å². The van der Waals surface area contributed by atoms with Gasteiger partial charge in [0.25, 0.3) is 5.91 Å². The van der Waals surface area contributed by atoms with Crippen LogP contribution >= 0.6 is 0 Å². The van der Waals surface area contributed by atoms with Crippen LogP contribution in [-0.4, -0.2) is 17.4 Å². The van der Waals surface area contributed by atoms with E-state index in [4.69, 9.17) is 5.73 Å². The predicted octanol–water partition coefficient (Wildman–Crippen LogP) is 2.51. The molecule has 5 heteroatoms. The number of carbonyl (C=O) groups is 1. The number of nitrogens with one attached hydrogen (secondary N) is 1. The van der Waals surface area contributed by atoms with E-state index in [0.717, 1.165) is 0 Å². The van der Waals surface area contributed by atoms with Gasteiger partial charge in [0, 0.05) is 18.2 Å². The van der Waals surface area contributed by atoms with Gasteiger partial charge in [0.2, 0.25) is 0 Å². The summed E-state index contributed by atoms with van der Waals surface area (Å²) in [5.41, 5.74) is 6.02. The van der Waals surface area contributed by atoms with Gasteiger partial charge in [-0.15, -0.1) is 0 Å². The molecule has 0 aliphatic heterocycles. The molecule has 3 N–H and O–H groups in total. The third-order valence-electron chi connectivity index (χ3n) is 3.38. The van der Waals surface area contributed by atoms with E-state index in [1.54, 1.807) is 30.3 Å². The number of pyridine rings is 1. The highest BCUT2D eigenvalue weighted by Gasteiger charge is 2.25. The van der Waals surface area contributed by atoms with Gasteiger partial charge < -0.3 is 11.1 Å². The molecule has 0 unspecified atom stereocenters. The molecule has 1 amide bonds. The standard InChI is InChI=1S/C16H18FN3O/c1-16(2,12-7-3-4-8-13(12)17)10-20-15(21)11-6-5-9-19-14(11)18/h3-9H,10H2,1-2H3,(H2,18,19)(H,20,21). The highest BCUT2D eigenvalue weighted by molar-refractivity contribution is 5.98. The molecule has 2 rings (SSSR count). The third kappa shape index (κ3) is 3.37. The van der Waals surface area contributed by atoms with Crippen molar-refractivity contribution in [2.45, 2.75) is 19.3 Å². The summed E-state index contributed by atoms with van der Waals surface area (Å²) in [6.07, 6.45) is 1.52. The molecule has 1 aromatic carbocycles. The number of benzene rings is 1. The van der Waals surface area contributed by atoms with Gasteiger partial charge in [0.1, 0.15) is 11.6 Å². The van der Waals surface area contributed by atoms with Gasteiger partial charge in [-0.3, -0.25) is 4.79 Å². The first-order chi connectivity index (χ1) is 9.92. The second kappa shape index (κ2) is 5.91. The largest absolute Gasteiger partial charge is 0.383 e. The normalized spacial score (nSPS) is 11.2. The highest BCUT2D eigenvalue weighted by Crippen LogP contribution is 2.25. The van der Waals surface area contributed by atoms with E-state index in [1.165, 1.54) is 12.3 Å². The number of amides is 1. The molecule has 0 spiro atoms. The molecule has 4 nitrogen and oxygen atoms in total. The first-order valence-electron chi connectivity index (χ1n) is 6.65. The number of hydrogen-bond donors (Lipinski definition) is 2. The number of rotatable bonds is 4. The number of hydrogen-bond acceptors (Lipinski definition) is 3. The van der Waals surface area contributed by atoms with Crippen LogP contribution in [0.4, 0.5) is 10.2 Å². The Morgan fingerprint density at radius 3 is 2.67 bits per heavy atom. The van der Waals surface area contributed by atoms with Crippen LogP contribution in [0.1, 0.15) is 29.8 Å². The zero-order valence-electron chi connectivity index (χ0n) is 12.1. The maximum atomic E-state index is 13.9. The first-order valence-corrected chi connectivity index (χ1v) is 6.65. The number of halogens is 1. The zero-order valence-corrected chi connectivity index (χ0v) is 12.1. The number of aromatic nitrogens is 1. The fourth-order valence-corrected chi connectivity index (χ4v) is 2.11. The summed E-state index contributed by atoms with van der Waals surface area (Å²) in [7, 11) is 0. The SMILES string of the molecule is CC(C)(CNC(=O)c1cccnc1N)c1ccccc1F. The molecule has 0 fully saturated rings. The lowest BCUT2D eigenvalue weighted by atomic mass is 9.84. The van der Waals surface area contributed by atoms with E-state index in [-0.39, 0.29) is 17.5 Å². The molecular formula is C16H18FN3O. The maximum Gasteiger partial charge on any atom is 0.255 e. The third-order valence-corrected chi connectivity index (χ3v) is 3.38. The van der Waals surface area contributed by atoms with Crippen LogP contribution < -0.4 is 11.1 Å². The van der Waals surface area contributed by atoms with Crippen LogP contribution in [0.25, 0.3) is 0 Å². The van der Waals surface area contributed by atoms with Gasteiger partial charge in [-0.2, -0.15) is 0 Å². The molecule has 1 heterocycles. The quantitative estimate of drug-likeness (QED) is 0.908. The summed E-state index contributed by atoms with van der Waals surface area (Å²) >= 11 is 0. The Hall–Kier alpha value is -2.43. The lowest BCUT2D eigenvalue weighted by Crippen LogP contribution is -2.37.